The van der Waals surface area contributed by atoms with E-state index in [-0.39, 0.29) is 0 Å². The zero-order chi connectivity index (χ0) is 8.81. The minimum absolute atomic E-state index is 0.954. The van der Waals surface area contributed by atoms with Gasteiger partial charge in [0.1, 0.15) is 0 Å². The van der Waals surface area contributed by atoms with Crippen LogP contribution in [0.2, 0.25) is 5.32 Å². The fourth-order valence-electron chi connectivity index (χ4n) is 1.07. The molecule has 0 saturated heterocycles. The fraction of sp³-hybridized carbons (Fsp3) is 0.500. The van der Waals surface area contributed by atoms with E-state index in [1.165, 1.54) is 17.3 Å². The van der Waals surface area contributed by atoms with Crippen LogP contribution in [0.3, 0.4) is 0 Å². The monoisotopic (exact) mass is 205 g/mol. The molecule has 0 spiro atoms. The Labute approximate surface area is 77.6 Å². The summed E-state index contributed by atoms with van der Waals surface area (Å²) in [6.07, 6.45) is 9.59. The Bertz CT molecular complexity index is 257. The summed E-state index contributed by atoms with van der Waals surface area (Å²) in [5.74, 6) is 0. The number of hydrogen-bond acceptors (Lipinski definition) is 1. The van der Waals surface area contributed by atoms with Crippen molar-refractivity contribution in [2.24, 2.45) is 0 Å². The molecule has 1 nitrogen and oxygen atoms in total. The Balaban J connectivity index is 2.52. The van der Waals surface area contributed by atoms with Crippen molar-refractivity contribution < 1.29 is 18.3 Å². The average Bonchev–Trinajstić information content (AvgIpc) is 2.59. The van der Waals surface area contributed by atoms with Crippen molar-refractivity contribution in [2.75, 3.05) is 0 Å². The molecule has 1 aliphatic rings. The minimum atomic E-state index is -0.954. The molecule has 0 fully saturated rings. The van der Waals surface area contributed by atoms with E-state index in [1.807, 2.05) is 6.08 Å². The second-order valence-corrected chi connectivity index (χ2v) is 5.45. The number of unbranched alkanes of at least 4 members (excludes halogenated alkanes) is 1. The first-order valence-corrected chi connectivity index (χ1v) is 6.29. The van der Waals surface area contributed by atoms with Crippen LogP contribution < -0.4 is 0 Å². The van der Waals surface area contributed by atoms with Crippen molar-refractivity contribution in [1.29, 1.82) is 0 Å². The summed E-state index contributed by atoms with van der Waals surface area (Å²) in [5, 5.41) is 1.07. The Morgan fingerprint density at radius 1 is 1.67 bits per heavy atom. The number of hydrogen-bond donors (Lipinski definition) is 0. The molecule has 0 saturated carbocycles. The molecule has 0 aromatic carbocycles. The summed E-state index contributed by atoms with van der Waals surface area (Å²) in [5.41, 5.74) is 0. The van der Waals surface area contributed by atoms with Gasteiger partial charge in [0.2, 0.25) is 0 Å². The van der Waals surface area contributed by atoms with Gasteiger partial charge in [-0.3, -0.25) is 0 Å². The van der Waals surface area contributed by atoms with Crippen LogP contribution in [-0.2, 0) is 18.3 Å². The van der Waals surface area contributed by atoms with Gasteiger partial charge in [0.25, 0.3) is 0 Å². The van der Waals surface area contributed by atoms with E-state index in [0.29, 0.717) is 0 Å². The van der Waals surface area contributed by atoms with E-state index in [9.17, 15) is 4.79 Å². The molecule has 2 heteroatoms. The van der Waals surface area contributed by atoms with Gasteiger partial charge >= 0.3 is 77.2 Å². The molecule has 67 valence electrons. The number of allylic oxidation sites excluding steroid dienone is 4. The van der Waals surface area contributed by atoms with E-state index >= 15 is 0 Å². The summed E-state index contributed by atoms with van der Waals surface area (Å²) in [7, 11) is 0. The third-order valence-electron chi connectivity index (χ3n) is 1.79. The summed E-state index contributed by atoms with van der Waals surface area (Å²) in [6.45, 7) is 2.16. The van der Waals surface area contributed by atoms with Crippen LogP contribution in [0.25, 0.3) is 0 Å². The van der Waals surface area contributed by atoms with Crippen LogP contribution in [0.15, 0.2) is 22.7 Å². The summed E-state index contributed by atoms with van der Waals surface area (Å²) < 4.78 is 1.34. The van der Waals surface area contributed by atoms with Gasteiger partial charge in [-0.1, -0.05) is 0 Å². The van der Waals surface area contributed by atoms with Crippen molar-refractivity contribution in [2.45, 2.75) is 31.5 Å². The van der Waals surface area contributed by atoms with Gasteiger partial charge in [0.15, 0.2) is 0 Å². The zero-order valence-corrected chi connectivity index (χ0v) is 8.53. The van der Waals surface area contributed by atoms with Crippen molar-refractivity contribution in [1.82, 2.24) is 0 Å². The van der Waals surface area contributed by atoms with Gasteiger partial charge in [0.05, 0.1) is 0 Å². The van der Waals surface area contributed by atoms with Gasteiger partial charge in [-0.25, -0.2) is 0 Å². The van der Waals surface area contributed by atoms with Gasteiger partial charge in [0, 0.05) is 0 Å². The molecule has 0 aliphatic heterocycles. The maximum absolute atomic E-state index is 10.7. The molecular formula is C10H14MnO. The Kier molecular flexibility index (Phi) is 4.24. The van der Waals surface area contributed by atoms with Gasteiger partial charge in [-0.2, -0.15) is 0 Å². The first-order chi connectivity index (χ1) is 5.88. The number of carbonyl (C=O) groups excluding carboxylic acids is 1. The molecule has 0 N–H and O–H groups in total. The molecular weight excluding hydrogens is 191 g/mol. The maximum atomic E-state index is 10.7. The molecule has 0 heterocycles. The fourth-order valence-corrected chi connectivity index (χ4v) is 3.34. The topological polar surface area (TPSA) is 17.1 Å². The van der Waals surface area contributed by atoms with Crippen molar-refractivity contribution in [3.63, 3.8) is 0 Å². The van der Waals surface area contributed by atoms with Crippen LogP contribution in [0.1, 0.15) is 26.2 Å². The first-order valence-electron chi connectivity index (χ1n) is 4.27. The zero-order valence-electron chi connectivity index (χ0n) is 7.35. The average molecular weight is 205 g/mol. The Morgan fingerprint density at radius 3 is 3.00 bits per heavy atom. The standard InChI is InChI=1S/C5H5.C4H9.CO.Mn/c1-2-4-5-3-1;1-3-4-2;1-2;/h1-3H,4H2;1,3-4H2,2H3;;. The predicted octanol–water partition coefficient (Wildman–Crippen LogP) is 2.73. The molecule has 0 atom stereocenters. The van der Waals surface area contributed by atoms with Crippen LogP contribution in [-0.4, -0.2) is 4.79 Å². The predicted molar refractivity (Wildman–Crippen MR) is 47.2 cm³/mol. The van der Waals surface area contributed by atoms with Gasteiger partial charge in [-0.15, -0.1) is 0 Å². The third kappa shape index (κ3) is 2.57. The number of rotatable bonds is 4. The van der Waals surface area contributed by atoms with Crippen molar-refractivity contribution >= 4 is 4.79 Å². The van der Waals surface area contributed by atoms with Gasteiger partial charge in [-0.05, 0) is 0 Å². The second kappa shape index (κ2) is 5.26. The van der Waals surface area contributed by atoms with Crippen molar-refractivity contribution in [3.05, 3.63) is 22.7 Å². The molecule has 0 aromatic heterocycles. The van der Waals surface area contributed by atoms with E-state index in [0.717, 1.165) is 11.7 Å². The molecule has 0 radical (unpaired) electrons. The summed E-state index contributed by atoms with van der Waals surface area (Å²) in [6, 6.07) is 0. The molecule has 1 rings (SSSR count). The van der Waals surface area contributed by atoms with Crippen LogP contribution in [0.4, 0.5) is 0 Å². The quantitative estimate of drug-likeness (QED) is 0.645. The van der Waals surface area contributed by atoms with E-state index in [4.69, 9.17) is 0 Å². The molecule has 1 aliphatic carbocycles. The second-order valence-electron chi connectivity index (χ2n) is 2.73. The normalized spacial score (nSPS) is 15.0. The van der Waals surface area contributed by atoms with Crippen LogP contribution in [0.5, 0.6) is 0 Å². The summed E-state index contributed by atoms with van der Waals surface area (Å²) in [4.78, 5) is 12.9. The molecule has 0 unspecified atom stereocenters. The van der Waals surface area contributed by atoms with Crippen LogP contribution in [0, 0.1) is 0 Å². The Morgan fingerprint density at radius 2 is 2.50 bits per heavy atom. The van der Waals surface area contributed by atoms with E-state index in [1.54, 1.807) is 0 Å². The Hall–Kier alpha value is -0.421. The van der Waals surface area contributed by atoms with E-state index in [2.05, 4.69) is 23.9 Å². The first kappa shape index (κ1) is 9.67. The molecule has 12 heavy (non-hydrogen) atoms. The van der Waals surface area contributed by atoms with Gasteiger partial charge < -0.3 is 0 Å². The van der Waals surface area contributed by atoms with E-state index < -0.39 is 13.5 Å². The molecule has 0 aromatic rings. The SMILES string of the molecule is CCC[CH2][Mn](=[C]=O)[C]1=CC=CC1. The summed E-state index contributed by atoms with van der Waals surface area (Å²) >= 11 is -0.954. The molecule has 0 amide bonds. The van der Waals surface area contributed by atoms with Crippen molar-refractivity contribution in [3.8, 4) is 0 Å². The third-order valence-corrected chi connectivity index (χ3v) is 4.44. The van der Waals surface area contributed by atoms with Crippen LogP contribution >= 0.6 is 0 Å². The molecule has 0 bridgehead atoms.